The first kappa shape index (κ1) is 13.8. The first-order valence-electron chi connectivity index (χ1n) is 6.72. The molecule has 0 spiro atoms. The molecule has 21 heavy (non-hydrogen) atoms. The second-order valence-corrected chi connectivity index (χ2v) is 5.92. The van der Waals surface area contributed by atoms with Gasteiger partial charge < -0.3 is 20.9 Å². The summed E-state index contributed by atoms with van der Waals surface area (Å²) < 4.78 is 4.84. The number of nitrogens with two attached hydrogens (primary N) is 1. The fourth-order valence-electron chi connectivity index (χ4n) is 1.94. The predicted octanol–water partition coefficient (Wildman–Crippen LogP) is 1.31. The molecule has 2 aromatic rings. The Labute approximate surface area is 125 Å². The molecule has 1 aliphatic carbocycles. The van der Waals surface area contributed by atoms with Crippen LogP contribution in [0.5, 0.6) is 0 Å². The average Bonchev–Trinajstić information content (AvgIpc) is 2.97. The van der Waals surface area contributed by atoms with E-state index in [1.165, 1.54) is 17.8 Å². The molecule has 0 aliphatic heterocycles. The van der Waals surface area contributed by atoms with Gasteiger partial charge in [0.05, 0.1) is 6.54 Å². The van der Waals surface area contributed by atoms with Crippen LogP contribution in [0.25, 0.3) is 0 Å². The number of thiazole rings is 1. The molecule has 0 saturated heterocycles. The Hall–Kier alpha value is -2.16. The van der Waals surface area contributed by atoms with E-state index in [1.54, 1.807) is 6.92 Å². The summed E-state index contributed by atoms with van der Waals surface area (Å²) in [4.78, 5) is 20.7. The number of anilines is 2. The van der Waals surface area contributed by atoms with Gasteiger partial charge in [-0.3, -0.25) is 4.79 Å². The molecule has 8 nitrogen and oxygen atoms in total. The highest BCUT2D eigenvalue weighted by Crippen LogP contribution is 2.29. The van der Waals surface area contributed by atoms with E-state index in [1.807, 2.05) is 0 Å². The van der Waals surface area contributed by atoms with Crippen molar-refractivity contribution < 1.29 is 9.32 Å². The van der Waals surface area contributed by atoms with Gasteiger partial charge in [-0.2, -0.15) is 4.98 Å². The van der Waals surface area contributed by atoms with Crippen LogP contribution < -0.4 is 16.4 Å². The van der Waals surface area contributed by atoms with E-state index in [4.69, 9.17) is 10.3 Å². The first-order chi connectivity index (χ1) is 10.1. The molecule has 1 aliphatic rings. The second-order valence-electron chi connectivity index (χ2n) is 4.92. The Bertz CT molecular complexity index is 648. The molecule has 0 radical (unpaired) electrons. The number of rotatable bonds is 5. The van der Waals surface area contributed by atoms with E-state index in [9.17, 15) is 4.79 Å². The van der Waals surface area contributed by atoms with Crippen LogP contribution in [-0.2, 0) is 6.54 Å². The topological polar surface area (TPSA) is 119 Å². The lowest BCUT2D eigenvalue weighted by atomic mass is 9.93. The van der Waals surface area contributed by atoms with Crippen LogP contribution in [-0.4, -0.2) is 27.1 Å². The van der Waals surface area contributed by atoms with Crippen LogP contribution in [0, 0.1) is 6.92 Å². The number of nitrogen functional groups attached to an aromatic ring is 1. The van der Waals surface area contributed by atoms with Gasteiger partial charge in [0.1, 0.15) is 10.7 Å². The maximum absolute atomic E-state index is 12.1. The minimum Gasteiger partial charge on any atom is -0.382 e. The molecule has 1 amide bonds. The molecular formula is C12H16N6O2S. The fourth-order valence-corrected chi connectivity index (χ4v) is 2.81. The normalized spacial score (nSPS) is 14.7. The highest BCUT2D eigenvalue weighted by Gasteiger charge is 2.21. The van der Waals surface area contributed by atoms with Crippen LogP contribution in [0.3, 0.4) is 0 Å². The molecule has 112 valence electrons. The van der Waals surface area contributed by atoms with Crippen LogP contribution >= 0.6 is 11.3 Å². The number of carbonyl (C=O) groups is 1. The minimum absolute atomic E-state index is 0.193. The molecule has 9 heteroatoms. The second kappa shape index (κ2) is 5.68. The van der Waals surface area contributed by atoms with Crippen LogP contribution in [0.15, 0.2) is 4.52 Å². The lowest BCUT2D eigenvalue weighted by molar-refractivity contribution is 0.0954. The van der Waals surface area contributed by atoms with E-state index < -0.39 is 0 Å². The monoisotopic (exact) mass is 308 g/mol. The summed E-state index contributed by atoms with van der Waals surface area (Å²) in [6.07, 6.45) is 3.51. The molecule has 2 heterocycles. The van der Waals surface area contributed by atoms with Gasteiger partial charge in [0.2, 0.25) is 5.89 Å². The third kappa shape index (κ3) is 3.13. The maximum atomic E-state index is 12.1. The number of aromatic nitrogens is 3. The van der Waals surface area contributed by atoms with Crippen LogP contribution in [0.1, 0.15) is 40.6 Å². The molecule has 3 rings (SSSR count). The van der Waals surface area contributed by atoms with Gasteiger partial charge in [-0.15, -0.1) is 0 Å². The summed E-state index contributed by atoms with van der Waals surface area (Å²) in [6.45, 7) is 1.89. The quantitative estimate of drug-likeness (QED) is 0.761. The highest BCUT2D eigenvalue weighted by molar-refractivity contribution is 7.18. The number of hydrogen-bond donors (Lipinski definition) is 3. The standard InChI is InChI=1S/C12H16N6O2S/c1-6-15-8(18-20-6)5-14-11(19)9-10(13)17-12(21-9)16-7-3-2-4-7/h7H,2-5,13H2,1H3,(H,14,19)(H,16,17). The maximum Gasteiger partial charge on any atom is 0.265 e. The molecule has 0 aromatic carbocycles. The minimum atomic E-state index is -0.283. The summed E-state index contributed by atoms with van der Waals surface area (Å²) in [5, 5.41) is 10.4. The van der Waals surface area contributed by atoms with Crippen molar-refractivity contribution >= 4 is 28.2 Å². The molecular weight excluding hydrogens is 292 g/mol. The number of nitrogens with one attached hydrogen (secondary N) is 2. The largest absolute Gasteiger partial charge is 0.382 e. The highest BCUT2D eigenvalue weighted by atomic mass is 32.1. The van der Waals surface area contributed by atoms with Crippen molar-refractivity contribution in [2.24, 2.45) is 0 Å². The summed E-state index contributed by atoms with van der Waals surface area (Å²) in [7, 11) is 0. The Morgan fingerprint density at radius 1 is 1.48 bits per heavy atom. The molecule has 1 saturated carbocycles. The fraction of sp³-hybridized carbons (Fsp3) is 0.500. The zero-order chi connectivity index (χ0) is 14.8. The average molecular weight is 308 g/mol. The van der Waals surface area contributed by atoms with Crippen molar-refractivity contribution in [1.29, 1.82) is 0 Å². The van der Waals surface area contributed by atoms with E-state index in [-0.39, 0.29) is 18.3 Å². The van der Waals surface area contributed by atoms with E-state index in [2.05, 4.69) is 25.8 Å². The SMILES string of the molecule is Cc1nc(CNC(=O)c2sc(NC3CCC3)nc2N)no1. The first-order valence-corrected chi connectivity index (χ1v) is 7.53. The van der Waals surface area contributed by atoms with E-state index >= 15 is 0 Å². The van der Waals surface area contributed by atoms with Crippen LogP contribution in [0.2, 0.25) is 0 Å². The van der Waals surface area contributed by atoms with Gasteiger partial charge in [0, 0.05) is 13.0 Å². The number of aryl methyl sites for hydroxylation is 1. The summed E-state index contributed by atoms with van der Waals surface area (Å²) in [5.74, 6) is 0.845. The Kier molecular flexibility index (Phi) is 3.74. The van der Waals surface area contributed by atoms with Crippen molar-refractivity contribution in [3.8, 4) is 0 Å². The van der Waals surface area contributed by atoms with E-state index in [0.717, 1.165) is 12.8 Å². The smallest absolute Gasteiger partial charge is 0.265 e. The number of carbonyl (C=O) groups excluding carboxylic acids is 1. The van der Waals surface area contributed by atoms with Gasteiger partial charge in [-0.25, -0.2) is 4.98 Å². The van der Waals surface area contributed by atoms with Crippen molar-refractivity contribution in [2.45, 2.75) is 38.8 Å². The Morgan fingerprint density at radius 2 is 2.29 bits per heavy atom. The number of nitrogens with zero attached hydrogens (tertiary/aromatic N) is 3. The molecule has 0 bridgehead atoms. The third-order valence-corrected chi connectivity index (χ3v) is 4.27. The predicted molar refractivity (Wildman–Crippen MR) is 78.0 cm³/mol. The van der Waals surface area contributed by atoms with Crippen molar-refractivity contribution in [3.63, 3.8) is 0 Å². The number of hydrogen-bond acceptors (Lipinski definition) is 8. The van der Waals surface area contributed by atoms with E-state index in [0.29, 0.717) is 27.8 Å². The summed E-state index contributed by atoms with van der Waals surface area (Å²) in [6, 6.07) is 0.453. The van der Waals surface area contributed by atoms with Gasteiger partial charge >= 0.3 is 0 Å². The zero-order valence-electron chi connectivity index (χ0n) is 11.5. The molecule has 1 fully saturated rings. The lowest BCUT2D eigenvalue weighted by Gasteiger charge is -2.25. The summed E-state index contributed by atoms with van der Waals surface area (Å²) in [5.41, 5.74) is 5.80. The molecule has 4 N–H and O–H groups in total. The van der Waals surface area contributed by atoms with Crippen LogP contribution in [0.4, 0.5) is 10.9 Å². The lowest BCUT2D eigenvalue weighted by Crippen LogP contribution is -2.26. The van der Waals surface area contributed by atoms with Gasteiger partial charge in [-0.1, -0.05) is 16.5 Å². The molecule has 0 atom stereocenters. The van der Waals surface area contributed by atoms with Gasteiger partial charge in [0.25, 0.3) is 5.91 Å². The molecule has 2 aromatic heterocycles. The Balaban J connectivity index is 1.60. The number of amides is 1. The Morgan fingerprint density at radius 3 is 2.90 bits per heavy atom. The summed E-state index contributed by atoms with van der Waals surface area (Å²) >= 11 is 1.26. The van der Waals surface area contributed by atoms with Crippen molar-refractivity contribution in [1.82, 2.24) is 20.4 Å². The van der Waals surface area contributed by atoms with Gasteiger partial charge in [-0.05, 0) is 19.3 Å². The van der Waals surface area contributed by atoms with Gasteiger partial charge in [0.15, 0.2) is 11.0 Å². The third-order valence-electron chi connectivity index (χ3n) is 3.27. The zero-order valence-corrected chi connectivity index (χ0v) is 12.4. The molecule has 0 unspecified atom stereocenters. The van der Waals surface area contributed by atoms with Crippen molar-refractivity contribution in [3.05, 3.63) is 16.6 Å². The van der Waals surface area contributed by atoms with Crippen molar-refractivity contribution in [2.75, 3.05) is 11.1 Å².